The van der Waals surface area contributed by atoms with Gasteiger partial charge in [0.25, 0.3) is 0 Å². The zero-order chi connectivity index (χ0) is 76.1. The molecule has 0 bridgehead atoms. The first-order valence-corrected chi connectivity index (χ1v) is 35.1. The standard InChI is InChI=1S/C12H21N.C11H21N.C9H13N.2C9H17N.C9H15N.C9H9N.2C7H13N.C5H9N/c1-10(2)7-13(8-11(3)4)9-12(5)6;1-4-7-10-12(9-6-3)11-8-5-2;1-10(2)8-9-6-4-3-5-7-9;1-4-7-8-9-10(5-2)6-3;3*1-4-7-10(8-5-2)9-6-3;1-4-5-6-7-8(2)3;1-4-7-8(5-2)6-3;1-4-5-6(2)3/h1,3,5,7-9H2,2,4,6H3;3H,4-5,7-11H2,1-2H3;3-7H,8H2,1-2H3;4-6,9H2,1-3H3;1H,5-9H2,2-3H3;4-6H,1-3,7-9H2;1-3H,7-9H2;4,7H2,1-3H3;1H,5-7H2,2-3H3;1H,5H2,2-3H3. The van der Waals surface area contributed by atoms with Gasteiger partial charge in [-0.25, -0.2) is 0 Å². The van der Waals surface area contributed by atoms with E-state index in [1.807, 2.05) is 83.1 Å². The summed E-state index contributed by atoms with van der Waals surface area (Å²) in [6.07, 6.45) is 50.7. The van der Waals surface area contributed by atoms with Gasteiger partial charge in [0.2, 0.25) is 0 Å². The van der Waals surface area contributed by atoms with Gasteiger partial charge in [-0.2, -0.15) is 0 Å². The van der Waals surface area contributed by atoms with E-state index in [2.05, 4.69) is 251 Å². The van der Waals surface area contributed by atoms with Gasteiger partial charge in [0.05, 0.1) is 58.9 Å². The van der Waals surface area contributed by atoms with Crippen molar-refractivity contribution >= 4 is 0 Å². The van der Waals surface area contributed by atoms with Crippen LogP contribution < -0.4 is 0 Å². The number of benzene rings is 1. The Morgan fingerprint density at radius 2 is 0.660 bits per heavy atom. The molecule has 0 radical (unpaired) electrons. The van der Waals surface area contributed by atoms with E-state index in [0.717, 1.165) is 137 Å². The fourth-order valence-corrected chi connectivity index (χ4v) is 7.62. The maximum atomic E-state index is 5.28. The molecule has 0 amide bonds. The average Bonchev–Trinajstić information content (AvgIpc) is 2.88. The smallest absolute Gasteiger partial charge is 0.0616 e. The van der Waals surface area contributed by atoms with Crippen LogP contribution in [0.2, 0.25) is 0 Å². The van der Waals surface area contributed by atoms with Crippen molar-refractivity contribution in [2.75, 3.05) is 193 Å². The highest BCUT2D eigenvalue weighted by molar-refractivity contribution is 5.14. The molecule has 0 heterocycles. The Bertz CT molecular complexity index is 2260. The van der Waals surface area contributed by atoms with E-state index in [0.29, 0.717) is 19.6 Å². The molecule has 10 heteroatoms. The van der Waals surface area contributed by atoms with E-state index in [-0.39, 0.29) is 0 Å². The molecule has 97 heavy (non-hydrogen) atoms. The summed E-state index contributed by atoms with van der Waals surface area (Å²) >= 11 is 0. The van der Waals surface area contributed by atoms with E-state index in [9.17, 15) is 0 Å². The summed E-state index contributed by atoms with van der Waals surface area (Å²) in [4.78, 5) is 21.7. The van der Waals surface area contributed by atoms with Gasteiger partial charge < -0.3 is 4.90 Å². The zero-order valence-electron chi connectivity index (χ0n) is 66.5. The van der Waals surface area contributed by atoms with E-state index < -0.39 is 0 Å². The minimum atomic E-state index is 0.522. The number of nitrogens with zero attached hydrogens (tertiary/aromatic N) is 10. The normalized spacial score (nSPS) is 9.38. The third kappa shape index (κ3) is 108. The van der Waals surface area contributed by atoms with Crippen molar-refractivity contribution in [1.29, 1.82) is 0 Å². The minimum absolute atomic E-state index is 0.522. The van der Waals surface area contributed by atoms with Gasteiger partial charge in [0.15, 0.2) is 0 Å². The highest BCUT2D eigenvalue weighted by atomic mass is 15.1. The van der Waals surface area contributed by atoms with E-state index in [1.54, 1.807) is 0 Å². The molecule has 0 fully saturated rings. The van der Waals surface area contributed by atoms with Crippen LogP contribution in [0.1, 0.15) is 147 Å². The SMILES string of the molecule is C#CCN(C)C.C#CCN(CC#C)CC#C.C#CCN(CC)CC.C#CCN(CCC)CCC.C#CCN(CCCC)CCCC.C=C(C)CN(CC(=C)C)CC(=C)C.C=CCN(CC=C)CC=C.CCC#CCN(C)C.CCC#CCN(CC)CC.CN(C)Cc1ccccc1. The van der Waals surface area contributed by atoms with E-state index in [1.165, 1.54) is 73.9 Å². The molecule has 546 valence electrons. The molecule has 0 atom stereocenters. The monoisotopic (exact) mass is 1330 g/mol. The van der Waals surface area contributed by atoms with Crippen LogP contribution in [0.4, 0.5) is 0 Å². The van der Waals surface area contributed by atoms with Gasteiger partial charge in [-0.15, -0.1) is 76.5 Å². The van der Waals surface area contributed by atoms with Gasteiger partial charge in [0.1, 0.15) is 0 Å². The van der Waals surface area contributed by atoms with Crippen LogP contribution in [0.3, 0.4) is 0 Å². The van der Waals surface area contributed by atoms with Crippen molar-refractivity contribution < 1.29 is 0 Å². The quantitative estimate of drug-likeness (QED) is 0.0475. The number of unbranched alkanes of at least 4 members (excludes halogenated alkanes) is 2. The second-order valence-electron chi connectivity index (χ2n) is 23.5. The molecule has 1 rings (SSSR count). The topological polar surface area (TPSA) is 32.4 Å². The Kier molecular flexibility index (Phi) is 105. The Balaban J connectivity index is -0.000000127. The van der Waals surface area contributed by atoms with Crippen LogP contribution in [0.25, 0.3) is 0 Å². The maximum Gasteiger partial charge on any atom is 0.0616 e. The molecule has 0 N–H and O–H groups in total. The molecule has 10 nitrogen and oxygen atoms in total. The summed E-state index contributed by atoms with van der Waals surface area (Å²) in [6, 6.07) is 10.5. The van der Waals surface area contributed by atoms with Crippen LogP contribution in [-0.4, -0.2) is 242 Å². The lowest BCUT2D eigenvalue weighted by Crippen LogP contribution is -2.28. The molecule has 0 saturated heterocycles. The summed E-state index contributed by atoms with van der Waals surface area (Å²) in [5.41, 5.74) is 4.92. The lowest BCUT2D eigenvalue weighted by molar-refractivity contribution is 0.297. The summed E-state index contributed by atoms with van der Waals surface area (Å²) in [6.45, 7) is 72.3. The first kappa shape index (κ1) is 109. The van der Waals surface area contributed by atoms with Crippen molar-refractivity contribution in [2.45, 2.75) is 148 Å². The molecule has 0 aliphatic carbocycles. The molecule has 0 spiro atoms. The van der Waals surface area contributed by atoms with Crippen molar-refractivity contribution in [1.82, 2.24) is 49.0 Å². The Morgan fingerprint density at radius 1 is 0.351 bits per heavy atom. The summed E-state index contributed by atoms with van der Waals surface area (Å²) < 4.78 is 0. The first-order chi connectivity index (χ1) is 46.3. The molecule has 0 aromatic heterocycles. The predicted molar refractivity (Wildman–Crippen MR) is 442 cm³/mol. The summed E-state index contributed by atoms with van der Waals surface area (Å²) in [7, 11) is 12.1. The van der Waals surface area contributed by atoms with Crippen molar-refractivity contribution in [2.24, 2.45) is 0 Å². The first-order valence-electron chi connectivity index (χ1n) is 35.1. The highest BCUT2D eigenvalue weighted by Gasteiger charge is 2.05. The molecule has 0 aliphatic heterocycles. The van der Waals surface area contributed by atoms with Crippen LogP contribution >= 0.6 is 0 Å². The molecule has 1 aromatic carbocycles. The minimum Gasteiger partial charge on any atom is -0.305 e. The van der Waals surface area contributed by atoms with Crippen LogP contribution in [-0.2, 0) is 6.54 Å². The lowest BCUT2D eigenvalue weighted by atomic mass is 10.2. The highest BCUT2D eigenvalue weighted by Crippen LogP contribution is 2.04. The van der Waals surface area contributed by atoms with Gasteiger partial charge in [-0.3, -0.25) is 44.1 Å². The predicted octanol–water partition coefficient (Wildman–Crippen LogP) is 14.9. The molecule has 1 aromatic rings. The molecule has 0 unspecified atom stereocenters. The van der Waals surface area contributed by atoms with Crippen LogP contribution in [0.15, 0.2) is 105 Å². The van der Waals surface area contributed by atoms with E-state index in [4.69, 9.17) is 45.0 Å². The Morgan fingerprint density at radius 3 is 0.907 bits per heavy atom. The van der Waals surface area contributed by atoms with Gasteiger partial charge in [0, 0.05) is 58.7 Å². The van der Waals surface area contributed by atoms with E-state index >= 15 is 0 Å². The third-order valence-corrected chi connectivity index (χ3v) is 12.1. The number of rotatable bonds is 37. The molecular weight excluding hydrogens is 1190 g/mol. The largest absolute Gasteiger partial charge is 0.305 e. The Labute approximate surface area is 606 Å². The van der Waals surface area contributed by atoms with Crippen molar-refractivity contribution in [3.63, 3.8) is 0 Å². The fraction of sp³-hybridized carbons (Fsp3) is 0.586. The number of hydrogen-bond donors (Lipinski definition) is 0. The van der Waals surface area contributed by atoms with Crippen molar-refractivity contribution in [3.8, 4) is 110 Å². The van der Waals surface area contributed by atoms with Gasteiger partial charge >= 0.3 is 0 Å². The second kappa shape index (κ2) is 93.5. The average molecular weight is 1330 g/mol. The molecule has 0 aliphatic rings. The lowest BCUT2D eigenvalue weighted by Gasteiger charge is -2.22. The summed E-state index contributed by atoms with van der Waals surface area (Å²) in [5, 5.41) is 0. The van der Waals surface area contributed by atoms with Gasteiger partial charge in [-0.05, 0) is 147 Å². The number of terminal acetylenes is 7. The van der Waals surface area contributed by atoms with Gasteiger partial charge in [-0.1, -0.05) is 220 Å². The molecular formula is C87H148N10. The molecule has 0 saturated carbocycles. The van der Waals surface area contributed by atoms with Crippen LogP contribution in [0, 0.1) is 110 Å². The number of hydrogen-bond acceptors (Lipinski definition) is 10. The van der Waals surface area contributed by atoms with Crippen molar-refractivity contribution in [3.05, 3.63) is 110 Å². The third-order valence-electron chi connectivity index (χ3n) is 12.1. The maximum absolute atomic E-state index is 5.28. The second-order valence-corrected chi connectivity index (χ2v) is 23.5. The fourth-order valence-electron chi connectivity index (χ4n) is 7.62. The summed E-state index contributed by atoms with van der Waals surface area (Å²) in [5.74, 6) is 30.0. The zero-order valence-corrected chi connectivity index (χ0v) is 66.5. The Hall–Kier alpha value is -6.70. The van der Waals surface area contributed by atoms with Crippen LogP contribution in [0.5, 0.6) is 0 Å².